The summed E-state index contributed by atoms with van der Waals surface area (Å²) in [4.78, 5) is 13.6. The molecule has 88 valence electrons. The summed E-state index contributed by atoms with van der Waals surface area (Å²) < 4.78 is 1.87. The summed E-state index contributed by atoms with van der Waals surface area (Å²) in [7, 11) is 0. The van der Waals surface area contributed by atoms with Gasteiger partial charge in [0.1, 0.15) is 5.69 Å². The van der Waals surface area contributed by atoms with Crippen LogP contribution in [0.2, 0.25) is 5.02 Å². The third-order valence-electron chi connectivity index (χ3n) is 2.70. The number of halogens is 1. The van der Waals surface area contributed by atoms with Crippen molar-refractivity contribution in [3.8, 4) is 0 Å². The van der Waals surface area contributed by atoms with E-state index in [1.807, 2.05) is 4.57 Å². The Hall–Kier alpha value is -1.00. The molecule has 0 saturated carbocycles. The highest BCUT2D eigenvalue weighted by molar-refractivity contribution is 6.31. The second kappa shape index (κ2) is 4.47. The van der Waals surface area contributed by atoms with Crippen molar-refractivity contribution < 1.29 is 9.90 Å². The molecular weight excluding hydrogens is 228 g/mol. The molecule has 0 aromatic carbocycles. The van der Waals surface area contributed by atoms with E-state index >= 15 is 0 Å². The van der Waals surface area contributed by atoms with Crippen molar-refractivity contribution in [1.82, 2.24) is 9.47 Å². The highest BCUT2D eigenvalue weighted by atomic mass is 35.5. The van der Waals surface area contributed by atoms with Gasteiger partial charge in [0, 0.05) is 25.8 Å². The van der Waals surface area contributed by atoms with Gasteiger partial charge in [-0.3, -0.25) is 4.79 Å². The molecule has 4 nitrogen and oxygen atoms in total. The smallest absolute Gasteiger partial charge is 0.270 e. The Balaban J connectivity index is 2.15. The van der Waals surface area contributed by atoms with E-state index in [-0.39, 0.29) is 12.0 Å². The lowest BCUT2D eigenvalue weighted by atomic mass is 10.1. The van der Waals surface area contributed by atoms with Crippen LogP contribution < -0.4 is 0 Å². The average Bonchev–Trinajstić information content (AvgIpc) is 2.54. The summed E-state index contributed by atoms with van der Waals surface area (Å²) in [5.41, 5.74) is 0.610. The lowest BCUT2D eigenvalue weighted by Crippen LogP contribution is -2.53. The highest BCUT2D eigenvalue weighted by Crippen LogP contribution is 2.19. The Kier molecular flexibility index (Phi) is 3.21. The topological polar surface area (TPSA) is 45.5 Å². The van der Waals surface area contributed by atoms with Crippen molar-refractivity contribution in [3.05, 3.63) is 23.0 Å². The zero-order chi connectivity index (χ0) is 11.7. The molecular formula is C11H15ClN2O2. The molecule has 1 aromatic heterocycles. The molecule has 0 atom stereocenters. The summed E-state index contributed by atoms with van der Waals surface area (Å²) in [6.07, 6.45) is 2.36. The monoisotopic (exact) mass is 242 g/mol. The fourth-order valence-electron chi connectivity index (χ4n) is 1.86. The van der Waals surface area contributed by atoms with Gasteiger partial charge in [0.05, 0.1) is 11.1 Å². The van der Waals surface area contributed by atoms with Gasteiger partial charge in [-0.25, -0.2) is 0 Å². The first kappa shape index (κ1) is 11.5. The number of carbonyl (C=O) groups excluding carboxylic acids is 1. The molecule has 2 rings (SSSR count). The Morgan fingerprint density at radius 1 is 1.62 bits per heavy atom. The van der Waals surface area contributed by atoms with Gasteiger partial charge in [0.25, 0.3) is 5.91 Å². The van der Waals surface area contributed by atoms with Gasteiger partial charge in [-0.15, -0.1) is 0 Å². The molecule has 1 aliphatic rings. The van der Waals surface area contributed by atoms with Crippen molar-refractivity contribution in [3.63, 3.8) is 0 Å². The molecule has 0 radical (unpaired) electrons. The number of aliphatic hydroxyl groups is 1. The van der Waals surface area contributed by atoms with Crippen LogP contribution in [0.25, 0.3) is 0 Å². The van der Waals surface area contributed by atoms with E-state index in [0.29, 0.717) is 23.8 Å². The highest BCUT2D eigenvalue weighted by Gasteiger charge is 2.30. The second-order valence-corrected chi connectivity index (χ2v) is 4.54. The fraction of sp³-hybridized carbons (Fsp3) is 0.545. The molecule has 1 saturated heterocycles. The fourth-order valence-corrected chi connectivity index (χ4v) is 2.08. The van der Waals surface area contributed by atoms with Crippen molar-refractivity contribution in [2.75, 3.05) is 13.1 Å². The maximum atomic E-state index is 12.0. The normalized spacial score (nSPS) is 16.3. The molecule has 0 unspecified atom stereocenters. The van der Waals surface area contributed by atoms with Crippen LogP contribution in [-0.4, -0.2) is 39.7 Å². The van der Waals surface area contributed by atoms with Gasteiger partial charge in [0.15, 0.2) is 0 Å². The molecule has 1 fully saturated rings. The SMILES string of the molecule is CCCn1cc(Cl)cc1C(=O)N1CC(O)C1. The van der Waals surface area contributed by atoms with E-state index in [1.165, 1.54) is 0 Å². The van der Waals surface area contributed by atoms with Gasteiger partial charge >= 0.3 is 0 Å². The molecule has 1 aromatic rings. The van der Waals surface area contributed by atoms with Crippen LogP contribution in [0.4, 0.5) is 0 Å². The third-order valence-corrected chi connectivity index (χ3v) is 2.90. The predicted molar refractivity (Wildman–Crippen MR) is 61.6 cm³/mol. The molecule has 0 bridgehead atoms. The summed E-state index contributed by atoms with van der Waals surface area (Å²) in [5, 5.41) is 9.75. The van der Waals surface area contributed by atoms with Gasteiger partial charge in [-0.2, -0.15) is 0 Å². The van der Waals surface area contributed by atoms with Gasteiger partial charge < -0.3 is 14.6 Å². The first-order chi connectivity index (χ1) is 7.61. The minimum absolute atomic E-state index is 0.0503. The molecule has 16 heavy (non-hydrogen) atoms. The number of carbonyl (C=O) groups is 1. The number of aromatic nitrogens is 1. The lowest BCUT2D eigenvalue weighted by Gasteiger charge is -2.35. The van der Waals surface area contributed by atoms with Crippen molar-refractivity contribution in [2.45, 2.75) is 26.0 Å². The largest absolute Gasteiger partial charge is 0.389 e. The zero-order valence-corrected chi connectivity index (χ0v) is 9.94. The van der Waals surface area contributed by atoms with Crippen LogP contribution >= 0.6 is 11.6 Å². The maximum Gasteiger partial charge on any atom is 0.270 e. The second-order valence-electron chi connectivity index (χ2n) is 4.10. The Bertz CT molecular complexity index is 397. The number of aliphatic hydroxyl groups excluding tert-OH is 1. The van der Waals surface area contributed by atoms with Gasteiger partial charge in [0.2, 0.25) is 0 Å². The minimum Gasteiger partial charge on any atom is -0.389 e. The molecule has 1 amide bonds. The number of aryl methyl sites for hydroxylation is 1. The van der Waals surface area contributed by atoms with Gasteiger partial charge in [-0.1, -0.05) is 18.5 Å². The Morgan fingerprint density at radius 2 is 2.31 bits per heavy atom. The first-order valence-corrected chi connectivity index (χ1v) is 5.82. The molecule has 0 aliphatic carbocycles. The Labute approximate surface area is 99.4 Å². The zero-order valence-electron chi connectivity index (χ0n) is 9.19. The maximum absolute atomic E-state index is 12.0. The summed E-state index contributed by atoms with van der Waals surface area (Å²) in [6.45, 7) is 3.68. The van der Waals surface area contributed by atoms with Crippen LogP contribution in [-0.2, 0) is 6.54 Å². The van der Waals surface area contributed by atoms with Crippen molar-refractivity contribution >= 4 is 17.5 Å². The number of nitrogens with zero attached hydrogens (tertiary/aromatic N) is 2. The quantitative estimate of drug-likeness (QED) is 0.870. The number of amides is 1. The summed E-state index contributed by atoms with van der Waals surface area (Å²) in [5.74, 6) is -0.0503. The predicted octanol–water partition coefficient (Wildman–Crippen LogP) is 1.37. The van der Waals surface area contributed by atoms with Crippen LogP contribution in [0.5, 0.6) is 0 Å². The molecule has 1 aliphatic heterocycles. The number of hydrogen-bond donors (Lipinski definition) is 1. The summed E-state index contributed by atoms with van der Waals surface area (Å²) >= 11 is 5.90. The summed E-state index contributed by atoms with van der Waals surface area (Å²) in [6, 6.07) is 1.68. The lowest BCUT2D eigenvalue weighted by molar-refractivity contribution is 0.00518. The van der Waals surface area contributed by atoms with Crippen molar-refractivity contribution in [1.29, 1.82) is 0 Å². The number of hydrogen-bond acceptors (Lipinski definition) is 2. The van der Waals surface area contributed by atoms with E-state index in [2.05, 4.69) is 6.92 Å². The van der Waals surface area contributed by atoms with E-state index in [9.17, 15) is 4.79 Å². The standard InChI is InChI=1S/C11H15ClN2O2/c1-2-3-13-5-8(12)4-10(13)11(16)14-6-9(15)7-14/h4-5,9,15H,2-3,6-7H2,1H3. The molecule has 5 heteroatoms. The average molecular weight is 243 g/mol. The van der Waals surface area contributed by atoms with Crippen LogP contribution in [0, 0.1) is 0 Å². The van der Waals surface area contributed by atoms with Crippen molar-refractivity contribution in [2.24, 2.45) is 0 Å². The minimum atomic E-state index is -0.367. The van der Waals surface area contributed by atoms with Gasteiger partial charge in [-0.05, 0) is 12.5 Å². The van der Waals surface area contributed by atoms with E-state index in [4.69, 9.17) is 16.7 Å². The number of rotatable bonds is 3. The number of likely N-dealkylation sites (tertiary alicyclic amines) is 1. The van der Waals surface area contributed by atoms with E-state index in [1.54, 1.807) is 17.2 Å². The number of β-amino-alcohol motifs (C(OH)–C–C–N with tert-alkyl or cyclic N) is 1. The van der Waals surface area contributed by atoms with Crippen LogP contribution in [0.1, 0.15) is 23.8 Å². The molecule has 2 heterocycles. The molecule has 0 spiro atoms. The Morgan fingerprint density at radius 3 is 2.88 bits per heavy atom. The first-order valence-electron chi connectivity index (χ1n) is 5.45. The third kappa shape index (κ3) is 2.08. The van der Waals surface area contributed by atoms with Crippen LogP contribution in [0.15, 0.2) is 12.3 Å². The van der Waals surface area contributed by atoms with Crippen LogP contribution in [0.3, 0.4) is 0 Å². The molecule has 1 N–H and O–H groups in total. The van der Waals surface area contributed by atoms with E-state index in [0.717, 1.165) is 13.0 Å². The van der Waals surface area contributed by atoms with E-state index < -0.39 is 0 Å².